The van der Waals surface area contributed by atoms with Crippen molar-refractivity contribution in [3.05, 3.63) is 75.6 Å². The molecule has 1 aromatic heterocycles. The molecule has 0 amide bonds. The van der Waals surface area contributed by atoms with Crippen molar-refractivity contribution in [2.24, 2.45) is 7.05 Å². The van der Waals surface area contributed by atoms with Crippen LogP contribution < -0.4 is 9.47 Å². The van der Waals surface area contributed by atoms with E-state index in [-0.39, 0.29) is 18.4 Å². The summed E-state index contributed by atoms with van der Waals surface area (Å²) in [6, 6.07) is 13.2. The number of hydrogen-bond donors (Lipinski definition) is 0. The van der Waals surface area contributed by atoms with E-state index < -0.39 is 0 Å². The van der Waals surface area contributed by atoms with E-state index in [2.05, 4.69) is 51.3 Å². The Morgan fingerprint density at radius 1 is 1.03 bits per heavy atom. The van der Waals surface area contributed by atoms with E-state index in [1.54, 1.807) is 18.9 Å². The SMILES string of the molecule is COc1cc2c(cc1OC)CN(C1OC1C1Cc3ccccc3CN1Cc1nn(C)cc1Cl)CC2. The van der Waals surface area contributed by atoms with Crippen molar-refractivity contribution in [2.75, 3.05) is 20.8 Å². The van der Waals surface area contributed by atoms with Crippen LogP contribution >= 0.6 is 11.6 Å². The van der Waals surface area contributed by atoms with E-state index in [0.29, 0.717) is 6.54 Å². The van der Waals surface area contributed by atoms with E-state index >= 15 is 0 Å². The van der Waals surface area contributed by atoms with Gasteiger partial charge in [0.15, 0.2) is 11.5 Å². The highest BCUT2D eigenvalue weighted by Crippen LogP contribution is 2.40. The fraction of sp³-hybridized carbons (Fsp3) is 0.444. The van der Waals surface area contributed by atoms with Gasteiger partial charge in [-0.1, -0.05) is 35.9 Å². The minimum atomic E-state index is 0.119. The highest BCUT2D eigenvalue weighted by atomic mass is 35.5. The van der Waals surface area contributed by atoms with Crippen LogP contribution in [0.1, 0.15) is 27.9 Å². The van der Waals surface area contributed by atoms with E-state index in [4.69, 9.17) is 25.8 Å². The Kier molecular flexibility index (Phi) is 5.96. The van der Waals surface area contributed by atoms with Crippen LogP contribution in [-0.2, 0) is 44.3 Å². The summed E-state index contributed by atoms with van der Waals surface area (Å²) in [4.78, 5) is 4.96. The van der Waals surface area contributed by atoms with Crippen LogP contribution in [0, 0.1) is 0 Å². The Bertz CT molecular complexity index is 1250. The number of hydrogen-bond acceptors (Lipinski definition) is 6. The molecule has 0 aliphatic carbocycles. The molecular weight excluding hydrogens is 464 g/mol. The lowest BCUT2D eigenvalue weighted by molar-refractivity contribution is 0.129. The topological polar surface area (TPSA) is 55.3 Å². The third kappa shape index (κ3) is 4.31. The average molecular weight is 495 g/mol. The summed E-state index contributed by atoms with van der Waals surface area (Å²) >= 11 is 6.48. The fourth-order valence-corrected chi connectivity index (χ4v) is 5.95. The van der Waals surface area contributed by atoms with Crippen LogP contribution in [0.3, 0.4) is 0 Å². The number of fused-ring (bicyclic) bond motifs is 2. The Morgan fingerprint density at radius 3 is 2.49 bits per heavy atom. The van der Waals surface area contributed by atoms with Gasteiger partial charge in [-0.15, -0.1) is 0 Å². The first-order valence-corrected chi connectivity index (χ1v) is 12.5. The van der Waals surface area contributed by atoms with Crippen LogP contribution in [0.15, 0.2) is 42.6 Å². The molecule has 0 spiro atoms. The molecule has 8 heteroatoms. The summed E-state index contributed by atoms with van der Waals surface area (Å²) in [6.07, 6.45) is 4.09. The number of benzene rings is 2. The molecule has 1 fully saturated rings. The quantitative estimate of drug-likeness (QED) is 0.486. The van der Waals surface area contributed by atoms with Crippen LogP contribution in [0.4, 0.5) is 0 Å². The molecule has 3 aliphatic heterocycles. The lowest BCUT2D eigenvalue weighted by Gasteiger charge is -2.36. The molecule has 6 rings (SSSR count). The summed E-state index contributed by atoms with van der Waals surface area (Å²) in [7, 11) is 5.29. The number of halogens is 1. The van der Waals surface area contributed by atoms with Gasteiger partial charge in [0.1, 0.15) is 12.3 Å². The van der Waals surface area contributed by atoms with Gasteiger partial charge in [0.05, 0.1) is 24.9 Å². The smallest absolute Gasteiger partial charge is 0.161 e. The third-order valence-electron chi connectivity index (χ3n) is 7.58. The molecule has 1 saturated heterocycles. The van der Waals surface area contributed by atoms with Crippen LogP contribution in [0.5, 0.6) is 11.5 Å². The lowest BCUT2D eigenvalue weighted by atomic mass is 9.91. The highest BCUT2D eigenvalue weighted by Gasteiger charge is 2.51. The first-order chi connectivity index (χ1) is 17.0. The minimum absolute atomic E-state index is 0.119. The number of aromatic nitrogens is 2. The number of nitrogens with zero attached hydrogens (tertiary/aromatic N) is 4. The van der Waals surface area contributed by atoms with Crippen molar-refractivity contribution in [3.63, 3.8) is 0 Å². The monoisotopic (exact) mass is 494 g/mol. The predicted molar refractivity (Wildman–Crippen MR) is 134 cm³/mol. The van der Waals surface area contributed by atoms with E-state index in [1.165, 1.54) is 22.3 Å². The van der Waals surface area contributed by atoms with E-state index in [9.17, 15) is 0 Å². The molecular formula is C27H31ClN4O3. The zero-order valence-electron chi connectivity index (χ0n) is 20.4. The molecule has 0 radical (unpaired) electrons. The number of aryl methyl sites for hydroxylation is 1. The highest BCUT2D eigenvalue weighted by molar-refractivity contribution is 6.31. The number of epoxide rings is 1. The molecule has 184 valence electrons. The average Bonchev–Trinajstić information content (AvgIpc) is 3.60. The first kappa shape index (κ1) is 22.9. The molecule has 2 aromatic carbocycles. The summed E-state index contributed by atoms with van der Waals surface area (Å²) in [6.45, 7) is 3.41. The van der Waals surface area contributed by atoms with E-state index in [0.717, 1.165) is 54.7 Å². The molecule has 3 unspecified atom stereocenters. The predicted octanol–water partition coefficient (Wildman–Crippen LogP) is 3.80. The van der Waals surface area contributed by atoms with Gasteiger partial charge in [0, 0.05) is 45.5 Å². The second-order valence-electron chi connectivity index (χ2n) is 9.73. The molecule has 35 heavy (non-hydrogen) atoms. The van der Waals surface area contributed by atoms with Crippen LogP contribution in [0.25, 0.3) is 0 Å². The molecule has 0 bridgehead atoms. The molecule has 7 nitrogen and oxygen atoms in total. The molecule has 4 heterocycles. The largest absolute Gasteiger partial charge is 0.493 e. The van der Waals surface area contributed by atoms with Gasteiger partial charge in [-0.05, 0) is 47.2 Å². The molecule has 3 aromatic rings. The van der Waals surface area contributed by atoms with E-state index in [1.807, 2.05) is 13.2 Å². The lowest BCUT2D eigenvalue weighted by Crippen LogP contribution is -2.46. The molecule has 3 atom stereocenters. The molecule has 0 saturated carbocycles. The summed E-state index contributed by atoms with van der Waals surface area (Å²) in [5.41, 5.74) is 6.32. The van der Waals surface area contributed by atoms with Crippen molar-refractivity contribution < 1.29 is 14.2 Å². The van der Waals surface area contributed by atoms with Crippen molar-refractivity contribution >= 4 is 11.6 Å². The Morgan fingerprint density at radius 2 is 1.77 bits per heavy atom. The van der Waals surface area contributed by atoms with Gasteiger partial charge >= 0.3 is 0 Å². The van der Waals surface area contributed by atoms with Gasteiger partial charge < -0.3 is 14.2 Å². The Hall–Kier alpha value is -2.58. The maximum Gasteiger partial charge on any atom is 0.161 e. The Balaban J connectivity index is 1.22. The van der Waals surface area contributed by atoms with Crippen LogP contribution in [-0.4, -0.2) is 58.7 Å². The summed E-state index contributed by atoms with van der Waals surface area (Å²) in [5, 5.41) is 5.33. The standard InChI is InChI=1S/C27H31ClN4O3/c1-30-15-21(28)22(29-30)16-32-13-19-7-5-4-6-17(19)10-23(32)26-27(35-26)31-9-8-18-11-24(33-2)25(34-3)12-20(18)14-31/h4-7,11-12,15,23,26-27H,8-10,13-14,16H2,1-3H3. The molecule has 3 aliphatic rings. The zero-order valence-corrected chi connectivity index (χ0v) is 21.2. The second-order valence-corrected chi connectivity index (χ2v) is 10.1. The second kappa shape index (κ2) is 9.13. The molecule has 0 N–H and O–H groups in total. The number of rotatable bonds is 6. The fourth-order valence-electron chi connectivity index (χ4n) is 5.72. The van der Waals surface area contributed by atoms with Gasteiger partial charge in [0.2, 0.25) is 0 Å². The number of methoxy groups -OCH3 is 2. The number of ether oxygens (including phenoxy) is 3. The first-order valence-electron chi connectivity index (χ1n) is 12.2. The Labute approximate surface area is 211 Å². The summed E-state index contributed by atoms with van der Waals surface area (Å²) in [5.74, 6) is 1.58. The maximum atomic E-state index is 6.48. The van der Waals surface area contributed by atoms with Gasteiger partial charge in [-0.2, -0.15) is 5.10 Å². The summed E-state index contributed by atoms with van der Waals surface area (Å²) < 4.78 is 19.2. The maximum absolute atomic E-state index is 6.48. The van der Waals surface area contributed by atoms with Crippen LogP contribution in [0.2, 0.25) is 5.02 Å². The third-order valence-corrected chi connectivity index (χ3v) is 7.90. The van der Waals surface area contributed by atoms with Gasteiger partial charge in [-0.25, -0.2) is 0 Å². The van der Waals surface area contributed by atoms with Crippen molar-refractivity contribution in [1.29, 1.82) is 0 Å². The normalized spacial score (nSPS) is 24.1. The minimum Gasteiger partial charge on any atom is -0.493 e. The van der Waals surface area contributed by atoms with Crippen molar-refractivity contribution in [2.45, 2.75) is 50.8 Å². The van der Waals surface area contributed by atoms with Crippen molar-refractivity contribution in [1.82, 2.24) is 19.6 Å². The van der Waals surface area contributed by atoms with Gasteiger partial charge in [0.25, 0.3) is 0 Å². The van der Waals surface area contributed by atoms with Gasteiger partial charge in [-0.3, -0.25) is 14.5 Å². The van der Waals surface area contributed by atoms with Crippen molar-refractivity contribution in [3.8, 4) is 11.5 Å². The zero-order chi connectivity index (χ0) is 24.1.